The SMILES string of the molecule is COc1ccc(/C(=C/n2cc[nH]c2=O)CC(=O)O)cc1OC1CCCC1. The number of carbonyl (C=O) groups is 1. The van der Waals surface area contributed by atoms with Crippen molar-refractivity contribution >= 4 is 17.7 Å². The van der Waals surface area contributed by atoms with Crippen LogP contribution in [0.1, 0.15) is 37.7 Å². The molecule has 26 heavy (non-hydrogen) atoms. The molecule has 0 radical (unpaired) electrons. The highest BCUT2D eigenvalue weighted by Gasteiger charge is 2.19. The Balaban J connectivity index is 1.97. The third-order valence-electron chi connectivity index (χ3n) is 4.44. The van der Waals surface area contributed by atoms with Crippen LogP contribution >= 0.6 is 0 Å². The number of aromatic nitrogens is 2. The van der Waals surface area contributed by atoms with Gasteiger partial charge in [0.25, 0.3) is 0 Å². The number of aliphatic carboxylic acids is 1. The average molecular weight is 358 g/mol. The third kappa shape index (κ3) is 4.17. The Morgan fingerprint density at radius 1 is 1.35 bits per heavy atom. The number of aromatic amines is 1. The number of methoxy groups -OCH3 is 1. The van der Waals surface area contributed by atoms with Gasteiger partial charge < -0.3 is 19.6 Å². The van der Waals surface area contributed by atoms with Gasteiger partial charge in [-0.05, 0) is 49.0 Å². The fourth-order valence-corrected chi connectivity index (χ4v) is 3.14. The van der Waals surface area contributed by atoms with Crippen molar-refractivity contribution in [1.29, 1.82) is 0 Å². The van der Waals surface area contributed by atoms with Crippen LogP contribution in [0.25, 0.3) is 11.8 Å². The van der Waals surface area contributed by atoms with Gasteiger partial charge in [0.1, 0.15) is 0 Å². The molecule has 1 heterocycles. The molecule has 0 saturated heterocycles. The van der Waals surface area contributed by atoms with E-state index >= 15 is 0 Å². The van der Waals surface area contributed by atoms with Crippen LogP contribution in [0.4, 0.5) is 0 Å². The Hall–Kier alpha value is -2.96. The van der Waals surface area contributed by atoms with Crippen LogP contribution in [0.3, 0.4) is 0 Å². The molecule has 138 valence electrons. The maximum absolute atomic E-state index is 11.7. The van der Waals surface area contributed by atoms with E-state index in [1.165, 1.54) is 17.0 Å². The highest BCUT2D eigenvalue weighted by atomic mass is 16.5. The van der Waals surface area contributed by atoms with Crippen LogP contribution in [-0.2, 0) is 4.79 Å². The van der Waals surface area contributed by atoms with E-state index in [1.54, 1.807) is 31.5 Å². The normalized spacial score (nSPS) is 15.2. The maximum atomic E-state index is 11.7. The lowest BCUT2D eigenvalue weighted by atomic mass is 10.0. The number of hydrogen-bond donors (Lipinski definition) is 2. The van der Waals surface area contributed by atoms with Crippen molar-refractivity contribution in [2.45, 2.75) is 38.2 Å². The van der Waals surface area contributed by atoms with Crippen molar-refractivity contribution in [3.8, 4) is 11.5 Å². The van der Waals surface area contributed by atoms with Gasteiger partial charge in [-0.1, -0.05) is 6.07 Å². The second-order valence-corrected chi connectivity index (χ2v) is 6.29. The van der Waals surface area contributed by atoms with E-state index in [-0.39, 0.29) is 18.2 Å². The molecule has 1 fully saturated rings. The van der Waals surface area contributed by atoms with E-state index < -0.39 is 5.97 Å². The summed E-state index contributed by atoms with van der Waals surface area (Å²) < 4.78 is 12.8. The van der Waals surface area contributed by atoms with Gasteiger partial charge in [0, 0.05) is 18.6 Å². The number of rotatable bonds is 7. The van der Waals surface area contributed by atoms with Crippen LogP contribution in [0.15, 0.2) is 35.4 Å². The summed E-state index contributed by atoms with van der Waals surface area (Å²) in [4.78, 5) is 25.6. The second kappa shape index (κ2) is 7.95. The standard InChI is InChI=1S/C19H22N2O5/c1-25-16-7-6-13(10-17(16)26-15-4-2-3-5-15)14(11-18(22)23)12-21-9-8-20-19(21)24/h6-10,12,15H,2-5,11H2,1H3,(H,20,24)(H,22,23)/b14-12+. The molecule has 1 aromatic heterocycles. The quantitative estimate of drug-likeness (QED) is 0.794. The summed E-state index contributed by atoms with van der Waals surface area (Å²) >= 11 is 0. The number of imidazole rings is 1. The number of carboxylic acids is 1. The minimum Gasteiger partial charge on any atom is -0.493 e. The first-order valence-corrected chi connectivity index (χ1v) is 8.60. The first-order valence-electron chi connectivity index (χ1n) is 8.60. The third-order valence-corrected chi connectivity index (χ3v) is 4.44. The summed E-state index contributed by atoms with van der Waals surface area (Å²) in [6.45, 7) is 0. The van der Waals surface area contributed by atoms with Gasteiger partial charge in [0.05, 0.1) is 19.6 Å². The van der Waals surface area contributed by atoms with Crippen LogP contribution in [-0.4, -0.2) is 33.8 Å². The molecule has 1 aromatic carbocycles. The van der Waals surface area contributed by atoms with Crippen molar-refractivity contribution in [1.82, 2.24) is 9.55 Å². The van der Waals surface area contributed by atoms with E-state index in [1.807, 2.05) is 0 Å². The lowest BCUT2D eigenvalue weighted by Gasteiger charge is -2.17. The van der Waals surface area contributed by atoms with Crippen LogP contribution in [0.5, 0.6) is 11.5 Å². The van der Waals surface area contributed by atoms with Crippen molar-refractivity contribution in [3.05, 3.63) is 46.6 Å². The molecule has 2 N–H and O–H groups in total. The highest BCUT2D eigenvalue weighted by molar-refractivity contribution is 5.89. The van der Waals surface area contributed by atoms with Crippen LogP contribution in [0, 0.1) is 0 Å². The van der Waals surface area contributed by atoms with E-state index in [0.29, 0.717) is 22.6 Å². The Morgan fingerprint density at radius 2 is 2.12 bits per heavy atom. The molecular weight excluding hydrogens is 336 g/mol. The number of ether oxygens (including phenoxy) is 2. The summed E-state index contributed by atoms with van der Waals surface area (Å²) in [6.07, 6.45) is 8.80. The number of hydrogen-bond acceptors (Lipinski definition) is 4. The predicted octanol–water partition coefficient (Wildman–Crippen LogP) is 2.98. The average Bonchev–Trinajstić information content (AvgIpc) is 3.26. The minimum atomic E-state index is -0.978. The molecule has 0 amide bonds. The van der Waals surface area contributed by atoms with E-state index in [0.717, 1.165) is 25.7 Å². The molecule has 1 aliphatic carbocycles. The molecule has 7 nitrogen and oxygen atoms in total. The molecule has 7 heteroatoms. The van der Waals surface area contributed by atoms with Gasteiger partial charge in [-0.2, -0.15) is 0 Å². The first kappa shape index (κ1) is 17.8. The number of benzene rings is 1. The molecule has 1 aliphatic rings. The van der Waals surface area contributed by atoms with Gasteiger partial charge in [-0.15, -0.1) is 0 Å². The first-order chi connectivity index (χ1) is 12.6. The van der Waals surface area contributed by atoms with E-state index in [9.17, 15) is 14.7 Å². The number of nitrogens with zero attached hydrogens (tertiary/aromatic N) is 1. The lowest BCUT2D eigenvalue weighted by Crippen LogP contribution is -2.13. The second-order valence-electron chi connectivity index (χ2n) is 6.29. The zero-order valence-corrected chi connectivity index (χ0v) is 14.6. The fraction of sp³-hybridized carbons (Fsp3) is 0.368. The Bertz CT molecular complexity index is 859. The van der Waals surface area contributed by atoms with Crippen LogP contribution < -0.4 is 15.2 Å². The van der Waals surface area contributed by atoms with Crippen molar-refractivity contribution in [2.75, 3.05) is 7.11 Å². The molecule has 2 aromatic rings. The molecule has 1 saturated carbocycles. The summed E-state index contributed by atoms with van der Waals surface area (Å²) in [6, 6.07) is 5.31. The Labute approximate surface area is 150 Å². The summed E-state index contributed by atoms with van der Waals surface area (Å²) in [5.41, 5.74) is 0.844. The molecule has 0 atom stereocenters. The number of nitrogens with one attached hydrogen (secondary N) is 1. The van der Waals surface area contributed by atoms with Gasteiger partial charge in [-0.3, -0.25) is 9.36 Å². The summed E-state index contributed by atoms with van der Waals surface area (Å²) in [5, 5.41) is 9.25. The minimum absolute atomic E-state index is 0.151. The van der Waals surface area contributed by atoms with Crippen molar-refractivity contribution in [2.24, 2.45) is 0 Å². The Kier molecular flexibility index (Phi) is 5.46. The number of H-pyrrole nitrogens is 1. The van der Waals surface area contributed by atoms with Crippen molar-refractivity contribution < 1.29 is 19.4 Å². The topological polar surface area (TPSA) is 93.6 Å². The molecule has 0 spiro atoms. The molecule has 3 rings (SSSR count). The van der Waals surface area contributed by atoms with Crippen LogP contribution in [0.2, 0.25) is 0 Å². The van der Waals surface area contributed by atoms with Crippen molar-refractivity contribution in [3.63, 3.8) is 0 Å². The predicted molar refractivity (Wildman–Crippen MR) is 97.4 cm³/mol. The smallest absolute Gasteiger partial charge is 0.329 e. The highest BCUT2D eigenvalue weighted by Crippen LogP contribution is 2.35. The Morgan fingerprint density at radius 3 is 2.73 bits per heavy atom. The lowest BCUT2D eigenvalue weighted by molar-refractivity contribution is -0.135. The summed E-state index contributed by atoms with van der Waals surface area (Å²) in [5.74, 6) is 0.220. The van der Waals surface area contributed by atoms with E-state index in [2.05, 4.69) is 4.98 Å². The molecule has 0 unspecified atom stereocenters. The number of carboxylic acid groups (broad SMARTS) is 1. The zero-order chi connectivity index (χ0) is 18.5. The maximum Gasteiger partial charge on any atom is 0.329 e. The summed E-state index contributed by atoms with van der Waals surface area (Å²) in [7, 11) is 1.57. The largest absolute Gasteiger partial charge is 0.493 e. The van der Waals surface area contributed by atoms with E-state index in [4.69, 9.17) is 9.47 Å². The molecule has 0 bridgehead atoms. The molecule has 0 aliphatic heterocycles. The fourth-order valence-electron chi connectivity index (χ4n) is 3.14. The van der Waals surface area contributed by atoms with Gasteiger partial charge in [0.2, 0.25) is 0 Å². The van der Waals surface area contributed by atoms with Gasteiger partial charge >= 0.3 is 11.7 Å². The monoisotopic (exact) mass is 358 g/mol. The van der Waals surface area contributed by atoms with Gasteiger partial charge in [0.15, 0.2) is 11.5 Å². The molecular formula is C19H22N2O5. The zero-order valence-electron chi connectivity index (χ0n) is 14.6. The van der Waals surface area contributed by atoms with Gasteiger partial charge in [-0.25, -0.2) is 4.79 Å².